The van der Waals surface area contributed by atoms with Gasteiger partial charge in [-0.1, -0.05) is 17.7 Å². The van der Waals surface area contributed by atoms with Crippen LogP contribution >= 0.6 is 11.6 Å². The zero-order chi connectivity index (χ0) is 13.8. The van der Waals surface area contributed by atoms with Crippen molar-refractivity contribution < 1.29 is 4.74 Å². The molecule has 1 aromatic heterocycles. The van der Waals surface area contributed by atoms with Crippen molar-refractivity contribution >= 4 is 11.6 Å². The lowest BCUT2D eigenvalue weighted by Crippen LogP contribution is -2.30. The summed E-state index contributed by atoms with van der Waals surface area (Å²) in [6.07, 6.45) is 1.61. The molecule has 100 valence electrons. The summed E-state index contributed by atoms with van der Waals surface area (Å²) in [6.45, 7) is 2.01. The third kappa shape index (κ3) is 3.04. The number of nitrogens with zero attached hydrogens (tertiary/aromatic N) is 1. The highest BCUT2D eigenvalue weighted by molar-refractivity contribution is 6.30. The summed E-state index contributed by atoms with van der Waals surface area (Å²) in [6, 6.07) is 9.33. The summed E-state index contributed by atoms with van der Waals surface area (Å²) in [7, 11) is 1.65. The molecule has 1 unspecified atom stereocenters. The third-order valence-corrected chi connectivity index (χ3v) is 3.22. The molecule has 0 spiro atoms. The largest absolute Gasteiger partial charge is 0.497 e. The predicted molar refractivity (Wildman–Crippen MR) is 76.1 cm³/mol. The van der Waals surface area contributed by atoms with Gasteiger partial charge in [-0.3, -0.25) is 10.8 Å². The first-order chi connectivity index (χ1) is 9.15. The van der Waals surface area contributed by atoms with E-state index in [0.717, 1.165) is 22.6 Å². The average Bonchev–Trinajstić information content (AvgIpc) is 2.43. The number of rotatable bonds is 4. The fraction of sp³-hybridized carbons (Fsp3) is 0.214. The van der Waals surface area contributed by atoms with Crippen molar-refractivity contribution in [1.29, 1.82) is 0 Å². The van der Waals surface area contributed by atoms with Gasteiger partial charge in [0.2, 0.25) is 0 Å². The molecule has 5 heteroatoms. The molecule has 1 aromatic carbocycles. The van der Waals surface area contributed by atoms with Crippen molar-refractivity contribution in [3.8, 4) is 5.75 Å². The van der Waals surface area contributed by atoms with Crippen molar-refractivity contribution in [3.63, 3.8) is 0 Å². The maximum absolute atomic E-state index is 5.85. The second kappa shape index (κ2) is 6.02. The van der Waals surface area contributed by atoms with E-state index in [1.165, 1.54) is 0 Å². The Bertz CT molecular complexity index is 557. The Morgan fingerprint density at radius 3 is 2.63 bits per heavy atom. The van der Waals surface area contributed by atoms with Crippen LogP contribution in [0.1, 0.15) is 22.9 Å². The minimum Gasteiger partial charge on any atom is -0.497 e. The summed E-state index contributed by atoms with van der Waals surface area (Å²) in [5, 5.41) is 0.603. The molecule has 1 atom stereocenters. The van der Waals surface area contributed by atoms with Gasteiger partial charge in [0, 0.05) is 6.20 Å². The van der Waals surface area contributed by atoms with Crippen LogP contribution in [0, 0.1) is 6.92 Å². The summed E-state index contributed by atoms with van der Waals surface area (Å²) in [5.41, 5.74) is 5.74. The van der Waals surface area contributed by atoms with E-state index in [2.05, 4.69) is 10.4 Å². The Balaban J connectivity index is 2.39. The predicted octanol–water partition coefficient (Wildman–Crippen LogP) is 2.60. The summed E-state index contributed by atoms with van der Waals surface area (Å²) >= 11 is 5.85. The number of nitrogens with one attached hydrogen (secondary N) is 1. The molecule has 0 aliphatic carbocycles. The summed E-state index contributed by atoms with van der Waals surface area (Å²) < 4.78 is 5.20. The molecule has 3 N–H and O–H groups in total. The smallest absolute Gasteiger partial charge is 0.119 e. The number of aromatic nitrogens is 1. The van der Waals surface area contributed by atoms with Crippen molar-refractivity contribution in [3.05, 3.63) is 58.4 Å². The van der Waals surface area contributed by atoms with E-state index in [4.69, 9.17) is 22.2 Å². The number of hydrogen-bond acceptors (Lipinski definition) is 4. The highest BCUT2D eigenvalue weighted by atomic mass is 35.5. The second-order valence-electron chi connectivity index (χ2n) is 4.22. The topological polar surface area (TPSA) is 60.2 Å². The van der Waals surface area contributed by atoms with Gasteiger partial charge < -0.3 is 4.74 Å². The number of hydrogen-bond donors (Lipinski definition) is 2. The number of pyridine rings is 1. The van der Waals surface area contributed by atoms with Gasteiger partial charge in [-0.15, -0.1) is 0 Å². The molecule has 0 aliphatic heterocycles. The molecule has 0 radical (unpaired) electrons. The average molecular weight is 278 g/mol. The number of halogens is 1. The lowest BCUT2D eigenvalue weighted by Gasteiger charge is -2.18. The first-order valence-electron chi connectivity index (χ1n) is 5.88. The van der Waals surface area contributed by atoms with E-state index < -0.39 is 0 Å². The van der Waals surface area contributed by atoms with Gasteiger partial charge in [0.15, 0.2) is 0 Å². The molecule has 0 amide bonds. The highest BCUT2D eigenvalue weighted by Crippen LogP contribution is 2.26. The van der Waals surface area contributed by atoms with Gasteiger partial charge in [0.25, 0.3) is 0 Å². The minimum atomic E-state index is -0.178. The van der Waals surface area contributed by atoms with Crippen LogP contribution < -0.4 is 16.0 Å². The van der Waals surface area contributed by atoms with Crippen LogP contribution in [0.3, 0.4) is 0 Å². The van der Waals surface area contributed by atoms with Crippen molar-refractivity contribution in [2.45, 2.75) is 13.0 Å². The van der Waals surface area contributed by atoms with E-state index >= 15 is 0 Å². The van der Waals surface area contributed by atoms with Gasteiger partial charge in [-0.25, -0.2) is 5.43 Å². The van der Waals surface area contributed by atoms with Gasteiger partial charge in [-0.05, 0) is 42.3 Å². The SMILES string of the molecule is COc1ccc(C(NN)c2ccc(Cl)cn2)c(C)c1. The number of ether oxygens (including phenoxy) is 1. The highest BCUT2D eigenvalue weighted by Gasteiger charge is 2.16. The van der Waals surface area contributed by atoms with Gasteiger partial charge in [-0.2, -0.15) is 0 Å². The maximum atomic E-state index is 5.85. The first kappa shape index (κ1) is 13.8. The lowest BCUT2D eigenvalue weighted by molar-refractivity contribution is 0.414. The minimum absolute atomic E-state index is 0.178. The maximum Gasteiger partial charge on any atom is 0.119 e. The molecule has 19 heavy (non-hydrogen) atoms. The Labute approximate surface area is 117 Å². The Hall–Kier alpha value is -1.62. The molecule has 0 bridgehead atoms. The Morgan fingerprint density at radius 2 is 2.11 bits per heavy atom. The molecule has 2 aromatic rings. The van der Waals surface area contributed by atoms with Gasteiger partial charge >= 0.3 is 0 Å². The molecular weight excluding hydrogens is 262 g/mol. The molecule has 0 saturated heterocycles. The number of nitrogens with two attached hydrogens (primary N) is 1. The molecule has 4 nitrogen and oxygen atoms in total. The molecule has 2 rings (SSSR count). The Morgan fingerprint density at radius 1 is 1.32 bits per heavy atom. The Kier molecular flexibility index (Phi) is 4.37. The van der Waals surface area contributed by atoms with Crippen LogP contribution in [0.15, 0.2) is 36.5 Å². The van der Waals surface area contributed by atoms with Crippen molar-refractivity contribution in [1.82, 2.24) is 10.4 Å². The van der Waals surface area contributed by atoms with Crippen LogP contribution in [0.5, 0.6) is 5.75 Å². The van der Waals surface area contributed by atoms with Gasteiger partial charge in [0.05, 0.1) is 23.9 Å². The van der Waals surface area contributed by atoms with Crippen molar-refractivity contribution in [2.75, 3.05) is 7.11 Å². The van der Waals surface area contributed by atoms with E-state index in [1.807, 2.05) is 31.2 Å². The summed E-state index contributed by atoms with van der Waals surface area (Å²) in [4.78, 5) is 4.30. The van der Waals surface area contributed by atoms with Crippen LogP contribution in [0.2, 0.25) is 5.02 Å². The van der Waals surface area contributed by atoms with Crippen LogP contribution in [0.25, 0.3) is 0 Å². The molecule has 0 aliphatic rings. The van der Waals surface area contributed by atoms with Crippen LogP contribution in [-0.2, 0) is 0 Å². The fourth-order valence-electron chi connectivity index (χ4n) is 1.99. The molecule has 0 saturated carbocycles. The standard InChI is InChI=1S/C14H16ClN3O/c1-9-7-11(19-2)4-5-12(9)14(18-16)13-6-3-10(15)8-17-13/h3-8,14,18H,16H2,1-2H3. The van der Waals surface area contributed by atoms with E-state index in [9.17, 15) is 0 Å². The fourth-order valence-corrected chi connectivity index (χ4v) is 2.10. The van der Waals surface area contributed by atoms with Crippen molar-refractivity contribution in [2.24, 2.45) is 5.84 Å². The first-order valence-corrected chi connectivity index (χ1v) is 6.25. The molecular formula is C14H16ClN3O. The van der Waals surface area contributed by atoms with E-state index in [1.54, 1.807) is 19.4 Å². The normalized spacial score (nSPS) is 12.2. The zero-order valence-corrected chi connectivity index (χ0v) is 11.6. The second-order valence-corrected chi connectivity index (χ2v) is 4.66. The number of benzene rings is 1. The van der Waals surface area contributed by atoms with E-state index in [0.29, 0.717) is 5.02 Å². The number of aryl methyl sites for hydroxylation is 1. The number of hydrazine groups is 1. The number of methoxy groups -OCH3 is 1. The van der Waals surface area contributed by atoms with Crippen LogP contribution in [0.4, 0.5) is 0 Å². The van der Waals surface area contributed by atoms with Crippen LogP contribution in [-0.4, -0.2) is 12.1 Å². The summed E-state index contributed by atoms with van der Waals surface area (Å²) in [5.74, 6) is 6.48. The quantitative estimate of drug-likeness (QED) is 0.666. The molecule has 1 heterocycles. The third-order valence-electron chi connectivity index (χ3n) is 3.00. The molecule has 0 fully saturated rings. The lowest BCUT2D eigenvalue weighted by atomic mass is 9.98. The zero-order valence-electron chi connectivity index (χ0n) is 10.9. The van der Waals surface area contributed by atoms with E-state index in [-0.39, 0.29) is 6.04 Å². The van der Waals surface area contributed by atoms with Gasteiger partial charge in [0.1, 0.15) is 5.75 Å². The monoisotopic (exact) mass is 277 g/mol.